The smallest absolute Gasteiger partial charge is 0.205 e. The fraction of sp³-hybridized carbons (Fsp3) is 1.00. The van der Waals surface area contributed by atoms with Crippen LogP contribution in [0, 0.1) is 0 Å². The topological polar surface area (TPSA) is 34.1 Å². The monoisotopic (exact) mass is 148 g/mol. The van der Waals surface area contributed by atoms with E-state index in [0.717, 1.165) is 0 Å². The van der Waals surface area contributed by atoms with E-state index in [-0.39, 0.29) is 0 Å². The molecule has 2 nitrogen and oxygen atoms in total. The summed E-state index contributed by atoms with van der Waals surface area (Å²) in [6.07, 6.45) is 0. The van der Waals surface area contributed by atoms with Crippen LogP contribution in [0.1, 0.15) is 0 Å². The molecular weight excluding hydrogens is 147 g/mol. The number of rotatable bonds is 1. The Morgan fingerprint density at radius 3 is 1.50 bits per heavy atom. The maximum atomic E-state index is 9.47. The highest BCUT2D eigenvalue weighted by molar-refractivity contribution is 7.76. The molecule has 0 fully saturated rings. The third-order valence-corrected chi connectivity index (χ3v) is 1.43. The fourth-order valence-corrected chi connectivity index (χ4v) is 0. The minimum Gasteiger partial charge on any atom is -0.229 e. The van der Waals surface area contributed by atoms with Crippen LogP contribution >= 0.6 is 23.2 Å². The van der Waals surface area contributed by atoms with E-state index in [9.17, 15) is 8.42 Å². The van der Waals surface area contributed by atoms with Crippen molar-refractivity contribution in [1.82, 2.24) is 0 Å². The van der Waals surface area contributed by atoms with Gasteiger partial charge in [0.15, 0.2) is 10.7 Å². The van der Waals surface area contributed by atoms with Gasteiger partial charge in [-0.3, -0.25) is 0 Å². The largest absolute Gasteiger partial charge is 0.229 e. The summed E-state index contributed by atoms with van der Waals surface area (Å²) in [6, 6.07) is 0. The summed E-state index contributed by atoms with van der Waals surface area (Å²) in [6.45, 7) is 0. The van der Waals surface area contributed by atoms with Crippen LogP contribution < -0.4 is 0 Å². The summed E-state index contributed by atoms with van der Waals surface area (Å²) in [5.41, 5.74) is 0. The molecule has 0 unspecified atom stereocenters. The molecule has 0 bridgehead atoms. The number of hydrogen-bond acceptors (Lipinski definition) is 2. The molecule has 0 rings (SSSR count). The van der Waals surface area contributed by atoms with Gasteiger partial charge in [0.2, 0.25) is 4.17 Å². The van der Waals surface area contributed by atoms with Crippen LogP contribution in [0.5, 0.6) is 0 Å². The van der Waals surface area contributed by atoms with Crippen molar-refractivity contribution in [3.63, 3.8) is 0 Å². The van der Waals surface area contributed by atoms with Crippen LogP contribution in [0.2, 0.25) is 0 Å². The summed E-state index contributed by atoms with van der Waals surface area (Å²) in [5, 5.41) is 0. The minimum absolute atomic E-state index is 1.25. The predicted octanol–water partition coefficient (Wildman–Crippen LogP) is 0.359. The number of alkyl halides is 2. The molecule has 6 heavy (non-hydrogen) atoms. The zero-order chi connectivity index (χ0) is 5.15. The van der Waals surface area contributed by atoms with Crippen LogP contribution in [0.15, 0.2) is 0 Å². The second kappa shape index (κ2) is 2.66. The summed E-state index contributed by atoms with van der Waals surface area (Å²) in [5.74, 6) is 0. The van der Waals surface area contributed by atoms with E-state index in [1.54, 1.807) is 0 Å². The zero-order valence-corrected chi connectivity index (χ0v) is 5.00. The lowest BCUT2D eigenvalue weighted by molar-refractivity contribution is 0.617. The van der Waals surface area contributed by atoms with Crippen molar-refractivity contribution >= 4 is 33.9 Å². The van der Waals surface area contributed by atoms with Crippen molar-refractivity contribution in [3.8, 4) is 0 Å². The Morgan fingerprint density at radius 1 is 1.33 bits per heavy atom. The molecule has 0 heterocycles. The molecule has 0 spiro atoms. The van der Waals surface area contributed by atoms with Crippen molar-refractivity contribution in [2.75, 3.05) is 0 Å². The van der Waals surface area contributed by atoms with E-state index in [4.69, 9.17) is 23.2 Å². The molecule has 0 aromatic rings. The van der Waals surface area contributed by atoms with Gasteiger partial charge in [0.25, 0.3) is 0 Å². The first kappa shape index (κ1) is 6.53. The molecule has 38 valence electrons. The highest BCUT2D eigenvalue weighted by Crippen LogP contribution is 1.99. The lowest BCUT2D eigenvalue weighted by Crippen LogP contribution is -1.84. The van der Waals surface area contributed by atoms with Crippen molar-refractivity contribution in [2.24, 2.45) is 0 Å². The molecule has 0 aliphatic carbocycles. The second-order valence-corrected chi connectivity index (χ2v) is 3.35. The molecule has 0 amide bonds. The molecule has 0 aliphatic heterocycles. The highest BCUT2D eigenvalue weighted by atomic mass is 35.5. The molecule has 0 radical (unpaired) electrons. The van der Waals surface area contributed by atoms with Gasteiger partial charge in [0.05, 0.1) is 0 Å². The molecule has 0 aromatic heterocycles. The minimum atomic E-state index is -2.63. The Labute approximate surface area is 47.0 Å². The number of halogens is 2. The first-order valence-electron chi connectivity index (χ1n) is 1.06. The van der Waals surface area contributed by atoms with Crippen LogP contribution in [0.25, 0.3) is 0 Å². The van der Waals surface area contributed by atoms with E-state index in [1.165, 1.54) is 0 Å². The van der Waals surface area contributed by atoms with Gasteiger partial charge in [0, 0.05) is 0 Å². The Balaban J connectivity index is 3.57. The zero-order valence-electron chi connectivity index (χ0n) is 2.60. The summed E-state index contributed by atoms with van der Waals surface area (Å²) in [4.78, 5) is 0. The molecule has 0 aromatic carbocycles. The first-order valence-corrected chi connectivity index (χ1v) is 3.18. The summed E-state index contributed by atoms with van der Waals surface area (Å²) >= 11 is 9.56. The van der Waals surface area contributed by atoms with Gasteiger partial charge in [-0.2, -0.15) is 0 Å². The molecule has 0 aliphatic rings. The lowest BCUT2D eigenvalue weighted by Gasteiger charge is -1.76. The Kier molecular flexibility index (Phi) is 2.90. The van der Waals surface area contributed by atoms with E-state index in [1.807, 2.05) is 0 Å². The van der Waals surface area contributed by atoms with Crippen LogP contribution in [-0.2, 0) is 10.7 Å². The number of hydrogen-bond donors (Lipinski definition) is 1. The van der Waals surface area contributed by atoms with Crippen LogP contribution in [0.4, 0.5) is 0 Å². The van der Waals surface area contributed by atoms with Gasteiger partial charge in [-0.05, 0) is 0 Å². The van der Waals surface area contributed by atoms with Gasteiger partial charge in [-0.15, -0.1) is 0 Å². The second-order valence-electron chi connectivity index (χ2n) is 0.563. The Hall–Kier alpha value is 0.530. The molecule has 0 N–H and O–H groups in total. The summed E-state index contributed by atoms with van der Waals surface area (Å²) < 4.78 is 17.7. The van der Waals surface area contributed by atoms with Crippen molar-refractivity contribution in [1.29, 1.82) is 0 Å². The first-order chi connectivity index (χ1) is 2.64. The normalized spacial score (nSPS) is 10.7. The summed E-state index contributed by atoms with van der Waals surface area (Å²) in [7, 11) is -2.63. The fourth-order valence-electron chi connectivity index (χ4n) is 0. The third-order valence-electron chi connectivity index (χ3n) is 0.159. The van der Waals surface area contributed by atoms with Crippen molar-refractivity contribution < 1.29 is 8.42 Å². The quantitative estimate of drug-likeness (QED) is 0.431. The van der Waals surface area contributed by atoms with E-state index < -0.39 is 14.9 Å². The molecule has 0 saturated heterocycles. The van der Waals surface area contributed by atoms with E-state index in [0.29, 0.717) is 0 Å². The van der Waals surface area contributed by atoms with Gasteiger partial charge in [-0.1, -0.05) is 23.2 Å². The van der Waals surface area contributed by atoms with E-state index >= 15 is 0 Å². The van der Waals surface area contributed by atoms with Gasteiger partial charge < -0.3 is 0 Å². The van der Waals surface area contributed by atoms with Gasteiger partial charge in [-0.25, -0.2) is 8.42 Å². The predicted molar refractivity (Wildman–Crippen MR) is 25.8 cm³/mol. The molecular formula is CH2Cl2O2S. The van der Waals surface area contributed by atoms with Crippen molar-refractivity contribution in [2.45, 2.75) is 4.17 Å². The molecule has 0 atom stereocenters. The van der Waals surface area contributed by atoms with Crippen LogP contribution in [-0.4, -0.2) is 12.6 Å². The maximum absolute atomic E-state index is 9.47. The lowest BCUT2D eigenvalue weighted by atomic mass is 11.9. The Morgan fingerprint density at radius 2 is 1.50 bits per heavy atom. The van der Waals surface area contributed by atoms with Gasteiger partial charge >= 0.3 is 0 Å². The average molecular weight is 149 g/mol. The molecule has 0 saturated carbocycles. The number of thiol groups is 1. The van der Waals surface area contributed by atoms with E-state index in [2.05, 4.69) is 0 Å². The maximum Gasteiger partial charge on any atom is 0.205 e. The SMILES string of the molecule is O=[SH](=O)C(Cl)Cl. The average Bonchev–Trinajstić information content (AvgIpc) is 1.36. The standard InChI is InChI=1S/CH2Cl2O2S/c2-1(3)6(4)5/h1,6H. The molecule has 5 heteroatoms. The third kappa shape index (κ3) is 2.75. The van der Waals surface area contributed by atoms with Gasteiger partial charge in [0.1, 0.15) is 0 Å². The Bertz CT molecular complexity index is 87.7. The van der Waals surface area contributed by atoms with Crippen LogP contribution in [0.3, 0.4) is 0 Å². The van der Waals surface area contributed by atoms with Crippen molar-refractivity contribution in [3.05, 3.63) is 0 Å². The highest BCUT2D eigenvalue weighted by Gasteiger charge is 1.95.